The summed E-state index contributed by atoms with van der Waals surface area (Å²) in [6.07, 6.45) is 3.61. The number of pyridine rings is 1. The van der Waals surface area contributed by atoms with Crippen LogP contribution in [0.15, 0.2) is 48.8 Å². The zero-order valence-electron chi connectivity index (χ0n) is 26.3. The molecule has 0 saturated carbocycles. The molecule has 0 saturated heterocycles. The lowest BCUT2D eigenvalue weighted by Crippen LogP contribution is -2.33. The van der Waals surface area contributed by atoms with E-state index in [0.29, 0.717) is 18.0 Å². The second-order valence-corrected chi connectivity index (χ2v) is 10.5. The number of ether oxygens (including phenoxy) is 1. The standard InChI is InChI=1S/C29H37N5O3.2C2H6/c1-18-6-7-20(14-21(18)16-34-12-13-37-25-10-11-32-15-22(25)17-34)26(29(3,4)28(35)36)23-8-9-24(33(5)31)27(30)19(23)2;2*1-2/h6-11,14-15,26H,12-13,16-17,30-31H2,1-5H3,(H,35,36);2*1-2H3. The molecule has 1 aliphatic rings. The number of aryl methyl sites for hydroxylation is 1. The molecule has 8 nitrogen and oxygen atoms in total. The van der Waals surface area contributed by atoms with Gasteiger partial charge in [0.05, 0.1) is 16.8 Å². The number of hydrogen-bond acceptors (Lipinski definition) is 7. The van der Waals surface area contributed by atoms with Crippen molar-refractivity contribution in [1.29, 1.82) is 0 Å². The number of carboxylic acid groups (broad SMARTS) is 1. The summed E-state index contributed by atoms with van der Waals surface area (Å²) < 4.78 is 5.92. The largest absolute Gasteiger partial charge is 0.492 e. The molecule has 2 aromatic carbocycles. The van der Waals surface area contributed by atoms with Crippen molar-refractivity contribution in [3.8, 4) is 5.75 Å². The Labute approximate surface area is 246 Å². The molecule has 3 aromatic rings. The number of nitrogens with zero attached hydrogens (tertiary/aromatic N) is 3. The Bertz CT molecular complexity index is 1310. The lowest BCUT2D eigenvalue weighted by atomic mass is 9.69. The number of carbonyl (C=O) groups is 1. The van der Waals surface area contributed by atoms with Crippen LogP contribution in [0.4, 0.5) is 11.4 Å². The summed E-state index contributed by atoms with van der Waals surface area (Å²) >= 11 is 0. The summed E-state index contributed by atoms with van der Waals surface area (Å²) in [5.41, 5.74) is 12.7. The number of anilines is 2. The van der Waals surface area contributed by atoms with Gasteiger partial charge in [-0.2, -0.15) is 0 Å². The van der Waals surface area contributed by atoms with Crippen molar-refractivity contribution in [3.05, 3.63) is 82.2 Å². The number of aromatic nitrogens is 1. The minimum Gasteiger partial charge on any atom is -0.492 e. The zero-order valence-corrected chi connectivity index (χ0v) is 26.3. The number of hydrogen-bond donors (Lipinski definition) is 3. The first-order valence-electron chi connectivity index (χ1n) is 14.5. The Kier molecular flexibility index (Phi) is 12.2. The molecule has 0 bridgehead atoms. The number of aliphatic carboxylic acids is 1. The topological polar surface area (TPSA) is 118 Å². The van der Waals surface area contributed by atoms with Crippen molar-refractivity contribution in [2.75, 3.05) is 30.9 Å². The number of rotatable bonds is 7. The van der Waals surface area contributed by atoms with Crippen molar-refractivity contribution >= 4 is 17.3 Å². The average Bonchev–Trinajstić information content (AvgIpc) is 3.16. The van der Waals surface area contributed by atoms with Crippen LogP contribution in [-0.2, 0) is 17.9 Å². The van der Waals surface area contributed by atoms with Gasteiger partial charge in [0.25, 0.3) is 0 Å². The molecular formula is C33H49N5O3. The van der Waals surface area contributed by atoms with Crippen LogP contribution >= 0.6 is 0 Å². The summed E-state index contributed by atoms with van der Waals surface area (Å²) in [5.74, 6) is 5.56. The number of nitrogen functional groups attached to an aromatic ring is 1. The van der Waals surface area contributed by atoms with Gasteiger partial charge in [0.1, 0.15) is 12.4 Å². The molecular weight excluding hydrogens is 514 g/mol. The van der Waals surface area contributed by atoms with E-state index in [1.807, 2.05) is 65.1 Å². The molecule has 0 spiro atoms. The zero-order chi connectivity index (χ0) is 30.9. The Morgan fingerprint density at radius 1 is 1.15 bits per heavy atom. The Balaban J connectivity index is 0.00000141. The van der Waals surface area contributed by atoms with E-state index in [-0.39, 0.29) is 0 Å². The van der Waals surface area contributed by atoms with Gasteiger partial charge in [-0.05, 0) is 67.6 Å². The molecule has 1 aliphatic heterocycles. The highest BCUT2D eigenvalue weighted by Gasteiger charge is 2.40. The average molecular weight is 564 g/mol. The molecule has 224 valence electrons. The normalized spacial score (nSPS) is 13.7. The quantitative estimate of drug-likeness (QED) is 0.175. The van der Waals surface area contributed by atoms with Crippen LogP contribution in [0.3, 0.4) is 0 Å². The van der Waals surface area contributed by atoms with Gasteiger partial charge in [-0.1, -0.05) is 52.0 Å². The van der Waals surface area contributed by atoms with Gasteiger partial charge >= 0.3 is 5.97 Å². The fourth-order valence-electron chi connectivity index (χ4n) is 5.16. The number of benzene rings is 2. The van der Waals surface area contributed by atoms with Crippen molar-refractivity contribution in [1.82, 2.24) is 9.88 Å². The monoisotopic (exact) mass is 563 g/mol. The minimum atomic E-state index is -1.08. The molecule has 1 unspecified atom stereocenters. The van der Waals surface area contributed by atoms with Gasteiger partial charge in [0, 0.05) is 50.6 Å². The smallest absolute Gasteiger partial charge is 0.310 e. The molecule has 5 N–H and O–H groups in total. The van der Waals surface area contributed by atoms with E-state index in [2.05, 4.69) is 28.9 Å². The highest BCUT2D eigenvalue weighted by Crippen LogP contribution is 2.45. The third-order valence-corrected chi connectivity index (χ3v) is 7.52. The summed E-state index contributed by atoms with van der Waals surface area (Å²) in [6.45, 7) is 18.4. The van der Waals surface area contributed by atoms with E-state index in [1.54, 1.807) is 27.1 Å². The summed E-state index contributed by atoms with van der Waals surface area (Å²) in [6, 6.07) is 12.0. The van der Waals surface area contributed by atoms with Crippen LogP contribution in [0.5, 0.6) is 5.75 Å². The van der Waals surface area contributed by atoms with E-state index in [4.69, 9.17) is 16.3 Å². The molecule has 0 aliphatic carbocycles. The summed E-state index contributed by atoms with van der Waals surface area (Å²) in [7, 11) is 1.73. The predicted molar refractivity (Wildman–Crippen MR) is 169 cm³/mol. The van der Waals surface area contributed by atoms with Gasteiger partial charge < -0.3 is 20.6 Å². The van der Waals surface area contributed by atoms with Gasteiger partial charge in [-0.3, -0.25) is 14.7 Å². The molecule has 8 heteroatoms. The number of carboxylic acids is 1. The van der Waals surface area contributed by atoms with Crippen molar-refractivity contribution in [2.24, 2.45) is 11.3 Å². The van der Waals surface area contributed by atoms with Crippen molar-refractivity contribution in [3.63, 3.8) is 0 Å². The molecule has 2 heterocycles. The van der Waals surface area contributed by atoms with Gasteiger partial charge in [0.15, 0.2) is 0 Å². The lowest BCUT2D eigenvalue weighted by Gasteiger charge is -2.34. The molecule has 41 heavy (non-hydrogen) atoms. The molecule has 0 amide bonds. The first-order valence-corrected chi connectivity index (χ1v) is 14.5. The van der Waals surface area contributed by atoms with E-state index in [0.717, 1.165) is 58.8 Å². The fourth-order valence-corrected chi connectivity index (χ4v) is 5.16. The van der Waals surface area contributed by atoms with E-state index < -0.39 is 17.3 Å². The Morgan fingerprint density at radius 3 is 2.46 bits per heavy atom. The summed E-state index contributed by atoms with van der Waals surface area (Å²) in [4.78, 5) is 19.1. The third kappa shape index (κ3) is 7.57. The molecule has 1 aromatic heterocycles. The SMILES string of the molecule is CC.CC.Cc1ccc(C(c2ccc(N(C)N)c(N)c2C)C(C)(C)C(=O)O)cc1CN1CCOc2ccncc2C1. The highest BCUT2D eigenvalue weighted by atomic mass is 16.5. The van der Waals surface area contributed by atoms with Crippen LogP contribution < -0.4 is 21.3 Å². The molecule has 0 fully saturated rings. The number of nitrogens with two attached hydrogens (primary N) is 2. The maximum atomic E-state index is 12.5. The lowest BCUT2D eigenvalue weighted by molar-refractivity contribution is -0.147. The van der Waals surface area contributed by atoms with Gasteiger partial charge in [-0.15, -0.1) is 0 Å². The third-order valence-electron chi connectivity index (χ3n) is 7.52. The van der Waals surface area contributed by atoms with Gasteiger partial charge in [0.2, 0.25) is 0 Å². The second-order valence-electron chi connectivity index (χ2n) is 10.5. The maximum Gasteiger partial charge on any atom is 0.310 e. The van der Waals surface area contributed by atoms with E-state index in [1.165, 1.54) is 5.01 Å². The van der Waals surface area contributed by atoms with E-state index >= 15 is 0 Å². The fraction of sp³-hybridized carbons (Fsp3) is 0.455. The molecule has 0 radical (unpaired) electrons. The van der Waals surface area contributed by atoms with Crippen LogP contribution in [0.2, 0.25) is 0 Å². The predicted octanol–water partition coefficient (Wildman–Crippen LogP) is 6.28. The Morgan fingerprint density at radius 2 is 1.83 bits per heavy atom. The maximum absolute atomic E-state index is 12.5. The first-order chi connectivity index (χ1) is 19.5. The highest BCUT2D eigenvalue weighted by molar-refractivity contribution is 5.78. The van der Waals surface area contributed by atoms with Gasteiger partial charge in [-0.25, -0.2) is 5.84 Å². The summed E-state index contributed by atoms with van der Waals surface area (Å²) in [5, 5.41) is 11.7. The number of fused-ring (bicyclic) bond motifs is 1. The minimum absolute atomic E-state index is 0.416. The van der Waals surface area contributed by atoms with Crippen LogP contribution in [-0.4, -0.2) is 41.2 Å². The van der Waals surface area contributed by atoms with E-state index in [9.17, 15) is 9.90 Å². The molecule has 4 rings (SSSR count). The molecule has 1 atom stereocenters. The van der Waals surface area contributed by atoms with Crippen LogP contribution in [0.1, 0.15) is 80.8 Å². The van der Waals surface area contributed by atoms with Crippen LogP contribution in [0.25, 0.3) is 0 Å². The van der Waals surface area contributed by atoms with Crippen molar-refractivity contribution in [2.45, 2.75) is 74.4 Å². The Hall–Kier alpha value is -3.62. The number of hydrazine groups is 1. The van der Waals surface area contributed by atoms with Crippen molar-refractivity contribution < 1.29 is 14.6 Å². The van der Waals surface area contributed by atoms with Crippen LogP contribution in [0, 0.1) is 19.3 Å². The second kappa shape index (κ2) is 14.8. The first kappa shape index (κ1) is 33.6.